The summed E-state index contributed by atoms with van der Waals surface area (Å²) in [5, 5.41) is 5.33. The van der Waals surface area contributed by atoms with E-state index in [1.165, 1.54) is 35.1 Å². The maximum atomic E-state index is 12.3. The quantitative estimate of drug-likeness (QED) is 0.706. The maximum Gasteiger partial charge on any atom is 0.262 e. The van der Waals surface area contributed by atoms with Crippen molar-refractivity contribution in [2.45, 2.75) is 32.4 Å². The number of carbonyl (C=O) groups excluding carboxylic acids is 1. The number of carbonyl (C=O) groups is 1. The number of nitrogens with zero attached hydrogens (tertiary/aromatic N) is 4. The monoisotopic (exact) mass is 383 g/mol. The summed E-state index contributed by atoms with van der Waals surface area (Å²) >= 11 is 1.44. The van der Waals surface area contributed by atoms with Gasteiger partial charge in [-0.2, -0.15) is 0 Å². The van der Waals surface area contributed by atoms with Crippen LogP contribution in [-0.4, -0.2) is 33.5 Å². The summed E-state index contributed by atoms with van der Waals surface area (Å²) in [5.74, 6) is 0.897. The van der Waals surface area contributed by atoms with Gasteiger partial charge in [0, 0.05) is 38.8 Å². The zero-order valence-electron chi connectivity index (χ0n) is 14.9. The third-order valence-electron chi connectivity index (χ3n) is 4.76. The van der Waals surface area contributed by atoms with Crippen molar-refractivity contribution in [2.75, 3.05) is 18.0 Å². The molecule has 4 rings (SSSR count). The van der Waals surface area contributed by atoms with Crippen molar-refractivity contribution >= 4 is 33.3 Å². The van der Waals surface area contributed by atoms with E-state index in [1.807, 2.05) is 23.7 Å². The summed E-state index contributed by atoms with van der Waals surface area (Å²) in [6.07, 6.45) is 5.99. The van der Waals surface area contributed by atoms with Gasteiger partial charge in [0.25, 0.3) is 5.56 Å². The molecule has 140 valence electrons. The average molecular weight is 383 g/mol. The fraction of sp³-hybridized carbons (Fsp3) is 0.368. The van der Waals surface area contributed by atoms with Gasteiger partial charge in [-0.3, -0.25) is 14.2 Å². The summed E-state index contributed by atoms with van der Waals surface area (Å²) in [6.45, 7) is 2.88. The van der Waals surface area contributed by atoms with E-state index in [0.29, 0.717) is 18.5 Å². The molecule has 3 aromatic rings. The number of rotatable bonds is 6. The van der Waals surface area contributed by atoms with Gasteiger partial charge in [-0.05, 0) is 35.9 Å². The lowest BCUT2D eigenvalue weighted by molar-refractivity contribution is -0.121. The van der Waals surface area contributed by atoms with E-state index in [1.54, 1.807) is 6.07 Å². The van der Waals surface area contributed by atoms with Crippen molar-refractivity contribution < 1.29 is 4.79 Å². The first kappa shape index (κ1) is 17.7. The molecule has 1 aliphatic heterocycles. The first-order chi connectivity index (χ1) is 13.2. The minimum atomic E-state index is -0.101. The van der Waals surface area contributed by atoms with E-state index in [2.05, 4.69) is 20.2 Å². The smallest absolute Gasteiger partial charge is 0.262 e. The highest BCUT2D eigenvalue weighted by Gasteiger charge is 2.13. The number of aryl methyl sites for hydroxylation is 1. The standard InChI is InChI=1S/C19H21N5O2S/c25-17(5-9-24-13-22-18-15(19(24)26)6-10-27-18)21-12-14-3-4-16(20-11-14)23-7-1-2-8-23/h3-4,6,10-11,13H,1-2,5,7-9,12H2,(H,21,25). The molecule has 1 amide bonds. The SMILES string of the molecule is O=C(CCn1cnc2sccc2c1=O)NCc1ccc(N2CCCC2)nc1. The Kier molecular flexibility index (Phi) is 5.15. The summed E-state index contributed by atoms with van der Waals surface area (Å²) < 4.78 is 1.49. The predicted octanol–water partition coefficient (Wildman–Crippen LogP) is 2.16. The van der Waals surface area contributed by atoms with Gasteiger partial charge >= 0.3 is 0 Å². The molecule has 0 saturated carbocycles. The van der Waals surface area contributed by atoms with Crippen molar-refractivity contribution in [1.82, 2.24) is 19.9 Å². The highest BCUT2D eigenvalue weighted by molar-refractivity contribution is 7.16. The van der Waals surface area contributed by atoms with Gasteiger partial charge in [-0.1, -0.05) is 6.07 Å². The molecule has 0 unspecified atom stereocenters. The molecular formula is C19H21N5O2S. The van der Waals surface area contributed by atoms with Crippen LogP contribution in [0.1, 0.15) is 24.8 Å². The molecule has 0 atom stereocenters. The molecule has 0 aliphatic carbocycles. The van der Waals surface area contributed by atoms with Gasteiger partial charge in [0.1, 0.15) is 10.6 Å². The Bertz CT molecular complexity index is 989. The number of amides is 1. The van der Waals surface area contributed by atoms with Gasteiger partial charge in [-0.15, -0.1) is 11.3 Å². The van der Waals surface area contributed by atoms with Crippen molar-refractivity contribution in [3.05, 3.63) is 52.0 Å². The Balaban J connectivity index is 1.29. The van der Waals surface area contributed by atoms with Crippen LogP contribution in [0.5, 0.6) is 0 Å². The van der Waals surface area contributed by atoms with Crippen LogP contribution >= 0.6 is 11.3 Å². The van der Waals surface area contributed by atoms with E-state index in [4.69, 9.17) is 0 Å². The zero-order chi connectivity index (χ0) is 18.6. The van der Waals surface area contributed by atoms with Crippen LogP contribution in [0.3, 0.4) is 0 Å². The molecule has 4 heterocycles. The Morgan fingerprint density at radius 1 is 1.19 bits per heavy atom. The molecule has 0 radical (unpaired) electrons. The molecule has 3 aromatic heterocycles. The number of hydrogen-bond donors (Lipinski definition) is 1. The lowest BCUT2D eigenvalue weighted by atomic mass is 10.2. The largest absolute Gasteiger partial charge is 0.357 e. The number of aromatic nitrogens is 3. The van der Waals surface area contributed by atoms with Crippen molar-refractivity contribution in [2.24, 2.45) is 0 Å². The number of pyridine rings is 1. The van der Waals surface area contributed by atoms with E-state index < -0.39 is 0 Å². The lowest BCUT2D eigenvalue weighted by Gasteiger charge is -2.16. The number of nitrogens with one attached hydrogen (secondary N) is 1. The van der Waals surface area contributed by atoms with E-state index in [0.717, 1.165) is 29.3 Å². The number of thiophene rings is 1. The highest BCUT2D eigenvalue weighted by atomic mass is 32.1. The average Bonchev–Trinajstić information content (AvgIpc) is 3.38. The Hall–Kier alpha value is -2.74. The fourth-order valence-corrected chi connectivity index (χ4v) is 3.94. The molecule has 27 heavy (non-hydrogen) atoms. The van der Waals surface area contributed by atoms with Crippen LogP contribution in [0.15, 0.2) is 40.9 Å². The summed E-state index contributed by atoms with van der Waals surface area (Å²) in [7, 11) is 0. The van der Waals surface area contributed by atoms with Gasteiger partial charge in [0.15, 0.2) is 0 Å². The van der Waals surface area contributed by atoms with E-state index in [9.17, 15) is 9.59 Å². The van der Waals surface area contributed by atoms with Crippen LogP contribution in [0, 0.1) is 0 Å². The van der Waals surface area contributed by atoms with Crippen LogP contribution < -0.4 is 15.8 Å². The maximum absolute atomic E-state index is 12.3. The number of hydrogen-bond acceptors (Lipinski definition) is 6. The molecular weight excluding hydrogens is 362 g/mol. The molecule has 1 N–H and O–H groups in total. The molecule has 8 heteroatoms. The van der Waals surface area contributed by atoms with Gasteiger partial charge < -0.3 is 10.2 Å². The van der Waals surface area contributed by atoms with Crippen LogP contribution in [0.2, 0.25) is 0 Å². The number of anilines is 1. The first-order valence-corrected chi connectivity index (χ1v) is 9.98. The first-order valence-electron chi connectivity index (χ1n) is 9.10. The Morgan fingerprint density at radius 2 is 2.04 bits per heavy atom. The van der Waals surface area contributed by atoms with Gasteiger partial charge in [0.2, 0.25) is 5.91 Å². The van der Waals surface area contributed by atoms with E-state index in [-0.39, 0.29) is 17.9 Å². The van der Waals surface area contributed by atoms with Crippen molar-refractivity contribution in [3.63, 3.8) is 0 Å². The van der Waals surface area contributed by atoms with Gasteiger partial charge in [0.05, 0.1) is 11.7 Å². The topological polar surface area (TPSA) is 80.1 Å². The second-order valence-corrected chi connectivity index (χ2v) is 7.52. The molecule has 1 fully saturated rings. The lowest BCUT2D eigenvalue weighted by Crippen LogP contribution is -2.27. The fourth-order valence-electron chi connectivity index (χ4n) is 3.22. The molecule has 1 saturated heterocycles. The Morgan fingerprint density at radius 3 is 2.81 bits per heavy atom. The molecule has 7 nitrogen and oxygen atoms in total. The van der Waals surface area contributed by atoms with Crippen molar-refractivity contribution in [1.29, 1.82) is 0 Å². The third-order valence-corrected chi connectivity index (χ3v) is 5.58. The minimum Gasteiger partial charge on any atom is -0.357 e. The number of fused-ring (bicyclic) bond motifs is 1. The van der Waals surface area contributed by atoms with Crippen molar-refractivity contribution in [3.8, 4) is 0 Å². The summed E-state index contributed by atoms with van der Waals surface area (Å²) in [5.41, 5.74) is 0.862. The molecule has 0 spiro atoms. The molecule has 1 aliphatic rings. The highest BCUT2D eigenvalue weighted by Crippen LogP contribution is 2.17. The summed E-state index contributed by atoms with van der Waals surface area (Å²) in [4.78, 5) is 36.2. The third kappa shape index (κ3) is 4.00. The van der Waals surface area contributed by atoms with E-state index >= 15 is 0 Å². The molecule has 0 aromatic carbocycles. The molecule has 0 bridgehead atoms. The van der Waals surface area contributed by atoms with Crippen LogP contribution in [0.25, 0.3) is 10.2 Å². The van der Waals surface area contributed by atoms with Crippen LogP contribution in [0.4, 0.5) is 5.82 Å². The van der Waals surface area contributed by atoms with Gasteiger partial charge in [-0.25, -0.2) is 9.97 Å². The van der Waals surface area contributed by atoms with Crippen LogP contribution in [-0.2, 0) is 17.9 Å². The second-order valence-electron chi connectivity index (χ2n) is 6.63. The normalized spacial score (nSPS) is 14.0. The summed E-state index contributed by atoms with van der Waals surface area (Å²) in [6, 6.07) is 5.78. The minimum absolute atomic E-state index is 0.101. The Labute approximate surface area is 160 Å². The predicted molar refractivity (Wildman–Crippen MR) is 106 cm³/mol. The zero-order valence-corrected chi connectivity index (χ0v) is 15.7. The second kappa shape index (κ2) is 7.87.